The van der Waals surface area contributed by atoms with Gasteiger partial charge in [-0.3, -0.25) is 0 Å². The highest BCUT2D eigenvalue weighted by molar-refractivity contribution is 9.10. The number of nitrogens with zero attached hydrogens (tertiary/aromatic N) is 2. The number of anilines is 4. The number of halogens is 1. The summed E-state index contributed by atoms with van der Waals surface area (Å²) in [5.41, 5.74) is 2.85. The number of aromatic nitrogens is 2. The summed E-state index contributed by atoms with van der Waals surface area (Å²) in [7, 11) is 0. The maximum absolute atomic E-state index is 11.0. The first kappa shape index (κ1) is 16.9. The number of benzene rings is 2. The number of carboxylic acid groups (broad SMARTS) is 1. The summed E-state index contributed by atoms with van der Waals surface area (Å²) in [5, 5.41) is 15.3. The Labute approximate surface area is 153 Å². The second-order valence-corrected chi connectivity index (χ2v) is 6.22. The van der Waals surface area contributed by atoms with Crippen LogP contribution in [0.25, 0.3) is 0 Å². The normalized spacial score (nSPS) is 10.3. The predicted octanol–water partition coefficient (Wildman–Crippen LogP) is 4.73. The molecule has 126 valence electrons. The maximum atomic E-state index is 11.0. The van der Waals surface area contributed by atoms with Crippen LogP contribution in [-0.2, 0) is 0 Å². The van der Waals surface area contributed by atoms with E-state index in [1.165, 1.54) is 6.07 Å². The van der Waals surface area contributed by atoms with E-state index in [0.29, 0.717) is 17.5 Å². The third kappa shape index (κ3) is 4.33. The second-order valence-electron chi connectivity index (χ2n) is 5.37. The first-order chi connectivity index (χ1) is 12.0. The molecule has 0 atom stereocenters. The number of aryl methyl sites for hydroxylation is 1. The molecule has 0 unspecified atom stereocenters. The fourth-order valence-electron chi connectivity index (χ4n) is 2.17. The van der Waals surface area contributed by atoms with Gasteiger partial charge in [-0.1, -0.05) is 28.1 Å². The van der Waals surface area contributed by atoms with Crippen LogP contribution >= 0.6 is 15.9 Å². The summed E-state index contributed by atoms with van der Waals surface area (Å²) in [4.78, 5) is 19.6. The molecule has 0 radical (unpaired) electrons. The largest absolute Gasteiger partial charge is 0.478 e. The molecule has 0 aliphatic rings. The lowest BCUT2D eigenvalue weighted by molar-refractivity contribution is 0.0697. The van der Waals surface area contributed by atoms with Crippen molar-refractivity contribution in [2.75, 3.05) is 10.6 Å². The molecule has 0 saturated carbocycles. The summed E-state index contributed by atoms with van der Waals surface area (Å²) in [6.45, 7) is 2.01. The van der Waals surface area contributed by atoms with Crippen LogP contribution in [0.4, 0.5) is 23.1 Å². The van der Waals surface area contributed by atoms with Gasteiger partial charge >= 0.3 is 5.97 Å². The minimum Gasteiger partial charge on any atom is -0.478 e. The first-order valence-electron chi connectivity index (χ1n) is 7.48. The van der Waals surface area contributed by atoms with E-state index in [2.05, 4.69) is 36.5 Å². The topological polar surface area (TPSA) is 87.1 Å². The molecule has 0 bridgehead atoms. The minimum atomic E-state index is -0.973. The van der Waals surface area contributed by atoms with Crippen LogP contribution in [0.2, 0.25) is 0 Å². The van der Waals surface area contributed by atoms with Crippen LogP contribution in [0.3, 0.4) is 0 Å². The monoisotopic (exact) mass is 398 g/mol. The molecule has 7 heteroatoms. The van der Waals surface area contributed by atoms with E-state index in [1.54, 1.807) is 30.5 Å². The van der Waals surface area contributed by atoms with Crippen molar-refractivity contribution in [2.24, 2.45) is 0 Å². The third-order valence-corrected chi connectivity index (χ3v) is 4.32. The Morgan fingerprint density at radius 3 is 2.64 bits per heavy atom. The minimum absolute atomic E-state index is 0.210. The van der Waals surface area contributed by atoms with Gasteiger partial charge in [0.05, 0.1) is 5.56 Å². The van der Waals surface area contributed by atoms with Crippen molar-refractivity contribution in [3.05, 3.63) is 70.3 Å². The summed E-state index contributed by atoms with van der Waals surface area (Å²) in [6.07, 6.45) is 1.63. The number of hydrogen-bond donors (Lipinski definition) is 3. The average molecular weight is 399 g/mol. The van der Waals surface area contributed by atoms with Crippen LogP contribution in [-0.4, -0.2) is 21.0 Å². The molecule has 1 aromatic heterocycles. The fraction of sp³-hybridized carbons (Fsp3) is 0.0556. The molecule has 0 amide bonds. The Hall–Kier alpha value is -2.93. The molecule has 0 fully saturated rings. The lowest BCUT2D eigenvalue weighted by atomic mass is 10.2. The van der Waals surface area contributed by atoms with Crippen molar-refractivity contribution in [3.8, 4) is 0 Å². The van der Waals surface area contributed by atoms with E-state index in [1.807, 2.05) is 25.1 Å². The van der Waals surface area contributed by atoms with Gasteiger partial charge in [-0.15, -0.1) is 0 Å². The fourth-order valence-corrected chi connectivity index (χ4v) is 2.54. The Kier molecular flexibility index (Phi) is 4.95. The van der Waals surface area contributed by atoms with Gasteiger partial charge in [-0.2, -0.15) is 4.98 Å². The van der Waals surface area contributed by atoms with Crippen molar-refractivity contribution in [3.63, 3.8) is 0 Å². The molecule has 0 aliphatic carbocycles. The van der Waals surface area contributed by atoms with Gasteiger partial charge < -0.3 is 15.7 Å². The number of rotatable bonds is 5. The molecule has 6 nitrogen and oxygen atoms in total. The van der Waals surface area contributed by atoms with Crippen LogP contribution < -0.4 is 10.6 Å². The van der Waals surface area contributed by atoms with Crippen LogP contribution in [0.15, 0.2) is 59.2 Å². The van der Waals surface area contributed by atoms with E-state index in [4.69, 9.17) is 5.11 Å². The highest BCUT2D eigenvalue weighted by Crippen LogP contribution is 2.23. The molecule has 2 aromatic carbocycles. The lowest BCUT2D eigenvalue weighted by Gasteiger charge is -2.09. The van der Waals surface area contributed by atoms with E-state index >= 15 is 0 Å². The highest BCUT2D eigenvalue weighted by Gasteiger charge is 2.05. The van der Waals surface area contributed by atoms with Crippen LogP contribution in [0, 0.1) is 6.92 Å². The smallest absolute Gasteiger partial charge is 0.335 e. The van der Waals surface area contributed by atoms with Gasteiger partial charge in [0.15, 0.2) is 0 Å². The van der Waals surface area contributed by atoms with Gasteiger partial charge in [0.25, 0.3) is 0 Å². The standard InChI is InChI=1S/C18H15BrN4O2/c1-11-5-6-14(10-15(11)19)22-18-20-8-7-16(23-18)21-13-4-2-3-12(9-13)17(24)25/h2-10H,1H3,(H,24,25)(H2,20,21,22,23). The quantitative estimate of drug-likeness (QED) is 0.575. The molecular weight excluding hydrogens is 384 g/mol. The Balaban J connectivity index is 1.78. The molecule has 1 heterocycles. The van der Waals surface area contributed by atoms with Crippen LogP contribution in [0.5, 0.6) is 0 Å². The van der Waals surface area contributed by atoms with E-state index in [9.17, 15) is 4.79 Å². The first-order valence-corrected chi connectivity index (χ1v) is 8.27. The number of carbonyl (C=O) groups is 1. The summed E-state index contributed by atoms with van der Waals surface area (Å²) >= 11 is 3.50. The van der Waals surface area contributed by atoms with Gasteiger partial charge in [-0.25, -0.2) is 9.78 Å². The van der Waals surface area contributed by atoms with Crippen LogP contribution in [0.1, 0.15) is 15.9 Å². The second kappa shape index (κ2) is 7.31. The molecule has 0 spiro atoms. The van der Waals surface area contributed by atoms with Gasteiger partial charge in [0, 0.05) is 22.0 Å². The van der Waals surface area contributed by atoms with Gasteiger partial charge in [0.2, 0.25) is 5.95 Å². The Morgan fingerprint density at radius 1 is 1.08 bits per heavy atom. The average Bonchev–Trinajstić information content (AvgIpc) is 2.59. The zero-order valence-corrected chi connectivity index (χ0v) is 14.9. The van der Waals surface area contributed by atoms with Crippen molar-refractivity contribution in [2.45, 2.75) is 6.92 Å². The van der Waals surface area contributed by atoms with Crippen molar-refractivity contribution in [1.82, 2.24) is 9.97 Å². The Bertz CT molecular complexity index is 930. The van der Waals surface area contributed by atoms with E-state index < -0.39 is 5.97 Å². The molecule has 25 heavy (non-hydrogen) atoms. The zero-order chi connectivity index (χ0) is 17.8. The summed E-state index contributed by atoms with van der Waals surface area (Å²) in [5.74, 6) is 0.0278. The van der Waals surface area contributed by atoms with E-state index in [0.717, 1.165) is 15.7 Å². The van der Waals surface area contributed by atoms with Crippen molar-refractivity contribution in [1.29, 1.82) is 0 Å². The Morgan fingerprint density at radius 2 is 1.88 bits per heavy atom. The molecule has 0 aliphatic heterocycles. The zero-order valence-electron chi connectivity index (χ0n) is 13.3. The number of aromatic carboxylic acids is 1. The number of nitrogens with one attached hydrogen (secondary N) is 2. The summed E-state index contributed by atoms with van der Waals surface area (Å²) in [6, 6.07) is 14.1. The van der Waals surface area contributed by atoms with Crippen molar-refractivity contribution < 1.29 is 9.90 Å². The van der Waals surface area contributed by atoms with Crippen molar-refractivity contribution >= 4 is 45.0 Å². The summed E-state index contributed by atoms with van der Waals surface area (Å²) < 4.78 is 0.997. The molecule has 3 aromatic rings. The number of carboxylic acids is 1. The lowest BCUT2D eigenvalue weighted by Crippen LogP contribution is -2.01. The highest BCUT2D eigenvalue weighted by atomic mass is 79.9. The van der Waals surface area contributed by atoms with E-state index in [-0.39, 0.29) is 5.56 Å². The van der Waals surface area contributed by atoms with Gasteiger partial charge in [-0.05, 0) is 48.9 Å². The maximum Gasteiger partial charge on any atom is 0.335 e. The predicted molar refractivity (Wildman–Crippen MR) is 101 cm³/mol. The third-order valence-electron chi connectivity index (χ3n) is 3.47. The molecule has 3 rings (SSSR count). The SMILES string of the molecule is Cc1ccc(Nc2nccc(Nc3cccc(C(=O)O)c3)n2)cc1Br. The van der Waals surface area contributed by atoms with Gasteiger partial charge in [0.1, 0.15) is 5.82 Å². The molecular formula is C18H15BrN4O2. The number of hydrogen-bond acceptors (Lipinski definition) is 5. The molecule has 3 N–H and O–H groups in total. The molecule has 0 saturated heterocycles.